The fraction of sp³-hybridized carbons (Fsp3) is 0.577. The number of halogens is 1. The highest BCUT2D eigenvalue weighted by Gasteiger charge is 2.29. The van der Waals surface area contributed by atoms with Gasteiger partial charge in [-0.3, -0.25) is 4.79 Å². The molecular formula is C26H33ClN2O5S. The maximum Gasteiger partial charge on any atom is 0.409 e. The lowest BCUT2D eigenvalue weighted by molar-refractivity contribution is -0.147. The highest BCUT2D eigenvalue weighted by atomic mass is 35.5. The standard InChI is InChI=1S/C26H33ClN2O5S/c1-16-22(34-20-9-5-8-18(12-20)25(30)32-3)11-10-21(28-16)24-19(13-23(27)35-24)15-33-26(31)29(2)14-17-6-4-7-17/h10-11,13,17-18,20H,4-9,12,14-15H2,1-3H3/t18-,20-/m0/s1. The van der Waals surface area contributed by atoms with E-state index in [0.29, 0.717) is 22.4 Å². The number of ether oxygens (including phenoxy) is 3. The van der Waals surface area contributed by atoms with Gasteiger partial charge in [0.25, 0.3) is 0 Å². The number of methoxy groups -OCH3 is 1. The number of carbonyl (C=O) groups excluding carboxylic acids is 2. The van der Waals surface area contributed by atoms with E-state index in [0.717, 1.165) is 47.6 Å². The molecule has 0 unspecified atom stereocenters. The summed E-state index contributed by atoms with van der Waals surface area (Å²) in [6.07, 6.45) is 6.57. The van der Waals surface area contributed by atoms with Gasteiger partial charge in [0.1, 0.15) is 12.4 Å². The largest absolute Gasteiger partial charge is 0.489 e. The zero-order valence-corrected chi connectivity index (χ0v) is 22.1. The van der Waals surface area contributed by atoms with Crippen molar-refractivity contribution >= 4 is 35.0 Å². The maximum absolute atomic E-state index is 12.4. The van der Waals surface area contributed by atoms with Crippen LogP contribution in [0.5, 0.6) is 5.75 Å². The summed E-state index contributed by atoms with van der Waals surface area (Å²) in [4.78, 5) is 31.7. The maximum atomic E-state index is 12.4. The first-order chi connectivity index (χ1) is 16.8. The molecule has 2 aliphatic rings. The van der Waals surface area contributed by atoms with Gasteiger partial charge >= 0.3 is 12.1 Å². The molecule has 0 aromatic carbocycles. The molecule has 2 saturated carbocycles. The molecule has 2 aliphatic carbocycles. The fourth-order valence-electron chi connectivity index (χ4n) is 4.72. The van der Waals surface area contributed by atoms with Crippen LogP contribution in [-0.2, 0) is 20.9 Å². The molecule has 2 aromatic heterocycles. The number of amides is 1. The number of rotatable bonds is 8. The third-order valence-electron chi connectivity index (χ3n) is 6.92. The molecule has 2 heterocycles. The Morgan fingerprint density at radius 1 is 1.20 bits per heavy atom. The molecule has 190 valence electrons. The number of pyridine rings is 1. The summed E-state index contributed by atoms with van der Waals surface area (Å²) in [6.45, 7) is 2.78. The van der Waals surface area contributed by atoms with Crippen molar-refractivity contribution in [1.29, 1.82) is 0 Å². The van der Waals surface area contributed by atoms with E-state index < -0.39 is 0 Å². The van der Waals surface area contributed by atoms with Gasteiger partial charge in [0, 0.05) is 19.2 Å². The van der Waals surface area contributed by atoms with Crippen molar-refractivity contribution in [2.24, 2.45) is 11.8 Å². The Hall–Kier alpha value is -2.32. The lowest BCUT2D eigenvalue weighted by Gasteiger charge is -2.29. The first-order valence-electron chi connectivity index (χ1n) is 12.2. The third kappa shape index (κ3) is 6.47. The Balaban J connectivity index is 1.40. The molecule has 2 fully saturated rings. The van der Waals surface area contributed by atoms with Crippen molar-refractivity contribution in [2.75, 3.05) is 20.7 Å². The molecule has 2 atom stereocenters. The highest BCUT2D eigenvalue weighted by molar-refractivity contribution is 7.19. The van der Waals surface area contributed by atoms with Crippen LogP contribution in [-0.4, -0.2) is 48.8 Å². The summed E-state index contributed by atoms with van der Waals surface area (Å²) in [6, 6.07) is 5.64. The molecule has 0 saturated heterocycles. The van der Waals surface area contributed by atoms with E-state index in [2.05, 4.69) is 0 Å². The quantitative estimate of drug-likeness (QED) is 0.383. The van der Waals surface area contributed by atoms with Crippen molar-refractivity contribution in [1.82, 2.24) is 9.88 Å². The van der Waals surface area contributed by atoms with Gasteiger partial charge in [0.15, 0.2) is 0 Å². The second-order valence-electron chi connectivity index (χ2n) is 9.54. The van der Waals surface area contributed by atoms with Gasteiger partial charge in [0.2, 0.25) is 0 Å². The van der Waals surface area contributed by atoms with Crippen LogP contribution < -0.4 is 4.74 Å². The van der Waals surface area contributed by atoms with E-state index in [1.165, 1.54) is 37.7 Å². The zero-order valence-electron chi connectivity index (χ0n) is 20.5. The molecule has 0 spiro atoms. The zero-order chi connectivity index (χ0) is 24.9. The number of esters is 1. The van der Waals surface area contributed by atoms with Gasteiger partial charge in [0.05, 0.1) is 39.7 Å². The lowest BCUT2D eigenvalue weighted by Crippen LogP contribution is -2.34. The normalized spacial score (nSPS) is 20.1. The van der Waals surface area contributed by atoms with Crippen molar-refractivity contribution in [3.63, 3.8) is 0 Å². The van der Waals surface area contributed by atoms with Crippen molar-refractivity contribution in [3.8, 4) is 16.3 Å². The summed E-state index contributed by atoms with van der Waals surface area (Å²) in [5, 5.41) is 0. The predicted octanol–water partition coefficient (Wildman–Crippen LogP) is 6.25. The van der Waals surface area contributed by atoms with Crippen LogP contribution in [0.25, 0.3) is 10.6 Å². The Bertz CT molecular complexity index is 1050. The minimum Gasteiger partial charge on any atom is -0.489 e. The molecule has 7 nitrogen and oxygen atoms in total. The first kappa shape index (κ1) is 25.8. The number of aryl methyl sites for hydroxylation is 1. The summed E-state index contributed by atoms with van der Waals surface area (Å²) < 4.78 is 17.3. The summed E-state index contributed by atoms with van der Waals surface area (Å²) >= 11 is 7.73. The second kappa shape index (κ2) is 11.6. The topological polar surface area (TPSA) is 78.0 Å². The van der Waals surface area contributed by atoms with E-state index in [4.69, 9.17) is 30.8 Å². The van der Waals surface area contributed by atoms with Gasteiger partial charge < -0.3 is 19.1 Å². The van der Waals surface area contributed by atoms with Crippen molar-refractivity contribution in [2.45, 2.75) is 64.6 Å². The van der Waals surface area contributed by atoms with Crippen LogP contribution in [0.15, 0.2) is 18.2 Å². The predicted molar refractivity (Wildman–Crippen MR) is 136 cm³/mol. The summed E-state index contributed by atoms with van der Waals surface area (Å²) in [7, 11) is 3.21. The van der Waals surface area contributed by atoms with Crippen LogP contribution in [0.3, 0.4) is 0 Å². The Labute approximate surface area is 215 Å². The molecule has 0 aliphatic heterocycles. The summed E-state index contributed by atoms with van der Waals surface area (Å²) in [5.74, 6) is 1.02. The Morgan fingerprint density at radius 2 is 1.97 bits per heavy atom. The first-order valence-corrected chi connectivity index (χ1v) is 13.4. The number of hydrogen-bond donors (Lipinski definition) is 0. The molecule has 35 heavy (non-hydrogen) atoms. The number of hydrogen-bond acceptors (Lipinski definition) is 7. The highest BCUT2D eigenvalue weighted by Crippen LogP contribution is 2.37. The van der Waals surface area contributed by atoms with Crippen molar-refractivity contribution < 1.29 is 23.8 Å². The fourth-order valence-corrected chi connectivity index (χ4v) is 5.94. The van der Waals surface area contributed by atoms with Crippen LogP contribution in [0.4, 0.5) is 4.79 Å². The van der Waals surface area contributed by atoms with E-state index in [1.54, 1.807) is 11.9 Å². The molecule has 2 aromatic rings. The van der Waals surface area contributed by atoms with Crippen LogP contribution in [0.1, 0.15) is 56.2 Å². The Kier molecular flexibility index (Phi) is 8.55. The monoisotopic (exact) mass is 520 g/mol. The Morgan fingerprint density at radius 3 is 2.66 bits per heavy atom. The molecule has 0 radical (unpaired) electrons. The SMILES string of the molecule is COC(=O)[C@H]1CCC[C@H](Oc2ccc(-c3sc(Cl)cc3COC(=O)N(C)CC3CCC3)nc2C)C1. The minimum atomic E-state index is -0.323. The average molecular weight is 521 g/mol. The number of aromatic nitrogens is 1. The second-order valence-corrected chi connectivity index (χ2v) is 11.2. The molecular weight excluding hydrogens is 488 g/mol. The van der Waals surface area contributed by atoms with Gasteiger partial charge in [-0.05, 0) is 69.6 Å². The third-order valence-corrected chi connectivity index (χ3v) is 8.25. The van der Waals surface area contributed by atoms with Gasteiger partial charge in [-0.2, -0.15) is 0 Å². The molecule has 1 amide bonds. The molecule has 0 bridgehead atoms. The summed E-state index contributed by atoms with van der Waals surface area (Å²) in [5.41, 5.74) is 2.35. The number of nitrogens with zero attached hydrogens (tertiary/aromatic N) is 2. The smallest absolute Gasteiger partial charge is 0.409 e. The van der Waals surface area contributed by atoms with Crippen LogP contribution in [0.2, 0.25) is 4.34 Å². The lowest BCUT2D eigenvalue weighted by atomic mass is 9.85. The molecule has 9 heteroatoms. The minimum absolute atomic E-state index is 0.0396. The van der Waals surface area contributed by atoms with Gasteiger partial charge in [-0.25, -0.2) is 9.78 Å². The molecule has 4 rings (SSSR count). The van der Waals surface area contributed by atoms with E-state index >= 15 is 0 Å². The van der Waals surface area contributed by atoms with E-state index in [1.807, 2.05) is 25.1 Å². The van der Waals surface area contributed by atoms with Crippen LogP contribution in [0, 0.1) is 18.8 Å². The van der Waals surface area contributed by atoms with Gasteiger partial charge in [-0.15, -0.1) is 11.3 Å². The molecule has 0 N–H and O–H groups in total. The average Bonchev–Trinajstić information content (AvgIpc) is 3.21. The van der Waals surface area contributed by atoms with Crippen molar-refractivity contribution in [3.05, 3.63) is 33.8 Å². The van der Waals surface area contributed by atoms with E-state index in [9.17, 15) is 9.59 Å². The van der Waals surface area contributed by atoms with Gasteiger partial charge in [-0.1, -0.05) is 18.0 Å². The number of thiophene rings is 1. The van der Waals surface area contributed by atoms with E-state index in [-0.39, 0.29) is 30.7 Å². The van der Waals surface area contributed by atoms with Crippen LogP contribution >= 0.6 is 22.9 Å². The number of carbonyl (C=O) groups is 2.